The maximum absolute atomic E-state index is 12.0. The third-order valence-corrected chi connectivity index (χ3v) is 3.63. The Morgan fingerprint density at radius 1 is 1.44 bits per heavy atom. The molecular weight excluding hydrogens is 252 g/mol. The Hall–Kier alpha value is -1.43. The maximum Gasteiger partial charge on any atom is 0.326 e. The van der Waals surface area contributed by atoms with E-state index >= 15 is 0 Å². The molecule has 18 heavy (non-hydrogen) atoms. The van der Waals surface area contributed by atoms with E-state index in [2.05, 4.69) is 10.3 Å². The summed E-state index contributed by atoms with van der Waals surface area (Å²) in [5, 5.41) is 12.4. The Labute approximate surface area is 110 Å². The highest BCUT2D eigenvalue weighted by Crippen LogP contribution is 2.17. The Bertz CT molecular complexity index is 443. The molecule has 1 aromatic rings. The zero-order chi connectivity index (χ0) is 13.7. The average molecular weight is 270 g/mol. The summed E-state index contributed by atoms with van der Waals surface area (Å²) >= 11 is 1.28. The van der Waals surface area contributed by atoms with Crippen LogP contribution in [0, 0.1) is 13.8 Å². The van der Waals surface area contributed by atoms with E-state index in [9.17, 15) is 9.59 Å². The monoisotopic (exact) mass is 270 g/mol. The molecule has 0 aromatic carbocycles. The third kappa shape index (κ3) is 3.80. The number of nitrogens with zero attached hydrogens (tertiary/aromatic N) is 1. The van der Waals surface area contributed by atoms with Gasteiger partial charge in [0.15, 0.2) is 0 Å². The first kappa shape index (κ1) is 14.6. The van der Waals surface area contributed by atoms with E-state index in [0.29, 0.717) is 17.0 Å². The van der Waals surface area contributed by atoms with Crippen molar-refractivity contribution in [3.8, 4) is 0 Å². The maximum atomic E-state index is 12.0. The SMILES string of the molecule is CCCCC(NC(=O)c1sc(C)nc1C)C(=O)O. The minimum absolute atomic E-state index is 0.346. The van der Waals surface area contributed by atoms with E-state index in [1.165, 1.54) is 11.3 Å². The number of hydrogen-bond acceptors (Lipinski definition) is 4. The minimum atomic E-state index is -0.990. The van der Waals surface area contributed by atoms with Crippen molar-refractivity contribution >= 4 is 23.2 Å². The Balaban J connectivity index is 2.72. The van der Waals surface area contributed by atoms with Gasteiger partial charge in [-0.25, -0.2) is 9.78 Å². The number of carbonyl (C=O) groups excluding carboxylic acids is 1. The van der Waals surface area contributed by atoms with Gasteiger partial charge in [-0.2, -0.15) is 0 Å². The lowest BCUT2D eigenvalue weighted by atomic mass is 10.1. The quantitative estimate of drug-likeness (QED) is 0.830. The second-order valence-electron chi connectivity index (χ2n) is 4.15. The summed E-state index contributed by atoms with van der Waals surface area (Å²) < 4.78 is 0. The predicted octanol–water partition coefficient (Wildman–Crippen LogP) is 2.13. The number of nitrogens with one attached hydrogen (secondary N) is 1. The Morgan fingerprint density at radius 3 is 2.56 bits per heavy atom. The van der Waals surface area contributed by atoms with Crippen LogP contribution in [0.4, 0.5) is 0 Å². The molecule has 0 spiro atoms. The van der Waals surface area contributed by atoms with Gasteiger partial charge in [-0.1, -0.05) is 19.8 Å². The number of carbonyl (C=O) groups is 2. The molecule has 2 N–H and O–H groups in total. The van der Waals surface area contributed by atoms with Crippen LogP contribution in [-0.2, 0) is 4.79 Å². The zero-order valence-corrected chi connectivity index (χ0v) is 11.6. The normalized spacial score (nSPS) is 12.2. The zero-order valence-electron chi connectivity index (χ0n) is 10.8. The summed E-state index contributed by atoms with van der Waals surface area (Å²) in [6, 6.07) is -0.820. The van der Waals surface area contributed by atoms with Crippen LogP contribution in [0.5, 0.6) is 0 Å². The average Bonchev–Trinajstić information content (AvgIpc) is 2.63. The number of rotatable bonds is 6. The van der Waals surface area contributed by atoms with Crippen molar-refractivity contribution < 1.29 is 14.7 Å². The molecular formula is C12H18N2O3S. The fraction of sp³-hybridized carbons (Fsp3) is 0.583. The lowest BCUT2D eigenvalue weighted by molar-refractivity contribution is -0.139. The highest BCUT2D eigenvalue weighted by molar-refractivity contribution is 7.13. The smallest absolute Gasteiger partial charge is 0.326 e. The molecule has 0 aliphatic heterocycles. The lowest BCUT2D eigenvalue weighted by Crippen LogP contribution is -2.40. The molecule has 0 bridgehead atoms. The van der Waals surface area contributed by atoms with Crippen LogP contribution in [0.25, 0.3) is 0 Å². The van der Waals surface area contributed by atoms with Crippen LogP contribution >= 0.6 is 11.3 Å². The van der Waals surface area contributed by atoms with Crippen molar-refractivity contribution in [3.05, 3.63) is 15.6 Å². The molecule has 0 saturated heterocycles. The van der Waals surface area contributed by atoms with Crippen molar-refractivity contribution in [2.75, 3.05) is 0 Å². The van der Waals surface area contributed by atoms with Gasteiger partial charge in [0.05, 0.1) is 10.7 Å². The summed E-state index contributed by atoms with van der Waals surface area (Å²) in [4.78, 5) is 27.6. The van der Waals surface area contributed by atoms with E-state index in [0.717, 1.165) is 17.8 Å². The number of carboxylic acid groups (broad SMARTS) is 1. The number of aryl methyl sites for hydroxylation is 2. The minimum Gasteiger partial charge on any atom is -0.480 e. The fourth-order valence-electron chi connectivity index (χ4n) is 1.63. The Kier molecular flexibility index (Phi) is 5.27. The fourth-order valence-corrected chi connectivity index (χ4v) is 2.45. The highest BCUT2D eigenvalue weighted by Gasteiger charge is 2.22. The lowest BCUT2D eigenvalue weighted by Gasteiger charge is -2.13. The third-order valence-electron chi connectivity index (χ3n) is 2.56. The first-order valence-electron chi connectivity index (χ1n) is 5.93. The largest absolute Gasteiger partial charge is 0.480 e. The number of thiazole rings is 1. The van der Waals surface area contributed by atoms with Gasteiger partial charge in [-0.15, -0.1) is 11.3 Å². The van der Waals surface area contributed by atoms with Crippen molar-refractivity contribution in [3.63, 3.8) is 0 Å². The molecule has 0 fully saturated rings. The van der Waals surface area contributed by atoms with Gasteiger partial charge >= 0.3 is 5.97 Å². The molecule has 1 rings (SSSR count). The first-order valence-corrected chi connectivity index (χ1v) is 6.75. The number of carboxylic acids is 1. The summed E-state index contributed by atoms with van der Waals surface area (Å²) in [6.45, 7) is 5.55. The molecule has 0 aliphatic rings. The summed E-state index contributed by atoms with van der Waals surface area (Å²) in [5.41, 5.74) is 0.648. The van der Waals surface area contributed by atoms with Gasteiger partial charge in [-0.3, -0.25) is 4.79 Å². The molecule has 1 heterocycles. The van der Waals surface area contributed by atoms with Crippen molar-refractivity contribution in [1.29, 1.82) is 0 Å². The van der Waals surface area contributed by atoms with Gasteiger partial charge in [-0.05, 0) is 20.3 Å². The molecule has 5 nitrogen and oxygen atoms in total. The molecule has 100 valence electrons. The number of hydrogen-bond donors (Lipinski definition) is 2. The van der Waals surface area contributed by atoms with Gasteiger partial charge in [0, 0.05) is 0 Å². The Morgan fingerprint density at radius 2 is 2.11 bits per heavy atom. The van der Waals surface area contributed by atoms with Crippen molar-refractivity contribution in [2.45, 2.75) is 46.1 Å². The van der Waals surface area contributed by atoms with E-state index in [4.69, 9.17) is 5.11 Å². The molecule has 1 atom stereocenters. The molecule has 6 heteroatoms. The van der Waals surface area contributed by atoms with Crippen molar-refractivity contribution in [1.82, 2.24) is 10.3 Å². The summed E-state index contributed by atoms with van der Waals surface area (Å²) in [6.07, 6.45) is 2.13. The van der Waals surface area contributed by atoms with Gasteiger partial charge in [0.1, 0.15) is 10.9 Å². The molecule has 1 unspecified atom stereocenters. The summed E-state index contributed by atoms with van der Waals surface area (Å²) in [5.74, 6) is -1.34. The number of unbranched alkanes of at least 4 members (excludes halogenated alkanes) is 1. The molecule has 1 aromatic heterocycles. The van der Waals surface area contributed by atoms with E-state index < -0.39 is 12.0 Å². The highest BCUT2D eigenvalue weighted by atomic mass is 32.1. The molecule has 0 radical (unpaired) electrons. The standard InChI is InChI=1S/C12H18N2O3S/c1-4-5-6-9(12(16)17)14-11(15)10-7(2)13-8(3)18-10/h9H,4-6H2,1-3H3,(H,14,15)(H,16,17). The topological polar surface area (TPSA) is 79.3 Å². The number of aliphatic carboxylic acids is 1. The summed E-state index contributed by atoms with van der Waals surface area (Å²) in [7, 11) is 0. The van der Waals surface area contributed by atoms with E-state index in [1.807, 2.05) is 13.8 Å². The number of aromatic nitrogens is 1. The van der Waals surface area contributed by atoms with Crippen LogP contribution in [0.15, 0.2) is 0 Å². The van der Waals surface area contributed by atoms with Crippen LogP contribution in [0.1, 0.15) is 46.6 Å². The second-order valence-corrected chi connectivity index (χ2v) is 5.36. The van der Waals surface area contributed by atoms with Crippen molar-refractivity contribution in [2.24, 2.45) is 0 Å². The van der Waals surface area contributed by atoms with Gasteiger partial charge < -0.3 is 10.4 Å². The van der Waals surface area contributed by atoms with Crippen LogP contribution < -0.4 is 5.32 Å². The molecule has 0 saturated carbocycles. The molecule has 0 aliphatic carbocycles. The van der Waals surface area contributed by atoms with Gasteiger partial charge in [0.2, 0.25) is 0 Å². The van der Waals surface area contributed by atoms with Crippen LogP contribution in [0.2, 0.25) is 0 Å². The first-order chi connectivity index (χ1) is 8.45. The van der Waals surface area contributed by atoms with E-state index in [-0.39, 0.29) is 5.91 Å². The molecule has 1 amide bonds. The second kappa shape index (κ2) is 6.49. The number of amides is 1. The van der Waals surface area contributed by atoms with Gasteiger partial charge in [0.25, 0.3) is 5.91 Å². The predicted molar refractivity (Wildman–Crippen MR) is 70.0 cm³/mol. The van der Waals surface area contributed by atoms with E-state index in [1.54, 1.807) is 6.92 Å². The van der Waals surface area contributed by atoms with Crippen LogP contribution in [-0.4, -0.2) is 28.0 Å². The van der Waals surface area contributed by atoms with Crippen LogP contribution in [0.3, 0.4) is 0 Å².